The van der Waals surface area contributed by atoms with E-state index in [-0.39, 0.29) is 0 Å². The second-order valence-corrected chi connectivity index (χ2v) is 7.83. The van der Waals surface area contributed by atoms with Crippen LogP contribution in [0.1, 0.15) is 16.7 Å². The second kappa shape index (κ2) is 10.7. The summed E-state index contributed by atoms with van der Waals surface area (Å²) in [5.74, 6) is 1.64. The molecule has 3 aromatic rings. The van der Waals surface area contributed by atoms with Gasteiger partial charge in [0, 0.05) is 32.7 Å². The lowest BCUT2D eigenvalue weighted by molar-refractivity contribution is 0.302. The van der Waals surface area contributed by atoms with Crippen LogP contribution in [0.15, 0.2) is 60.7 Å². The number of hydrogen-bond donors (Lipinski definition) is 1. The first-order valence-corrected chi connectivity index (χ1v) is 10.4. The number of hydrogen-bond acceptors (Lipinski definition) is 3. The molecule has 0 aliphatic carbocycles. The molecule has 0 bridgehead atoms. The van der Waals surface area contributed by atoms with Gasteiger partial charge in [-0.15, -0.1) is 0 Å². The molecule has 0 spiro atoms. The third kappa shape index (κ3) is 6.55. The first-order chi connectivity index (χ1) is 14.0. The van der Waals surface area contributed by atoms with Crippen LogP contribution in [0.2, 0.25) is 15.1 Å². The molecule has 0 aliphatic heterocycles. The smallest absolute Gasteiger partial charge is 0.124 e. The largest absolute Gasteiger partial charge is 0.497 e. The van der Waals surface area contributed by atoms with Gasteiger partial charge in [-0.1, -0.05) is 53.0 Å². The van der Waals surface area contributed by atoms with E-state index in [1.807, 2.05) is 36.4 Å². The molecule has 0 saturated carbocycles. The summed E-state index contributed by atoms with van der Waals surface area (Å²) in [5, 5.41) is 5.32. The fourth-order valence-corrected chi connectivity index (χ4v) is 3.53. The molecule has 1 N–H and O–H groups in total. The average Bonchev–Trinajstić information content (AvgIpc) is 2.72. The first kappa shape index (κ1) is 21.8. The summed E-state index contributed by atoms with van der Waals surface area (Å²) in [4.78, 5) is 0. The highest BCUT2D eigenvalue weighted by Gasteiger charge is 2.08. The zero-order valence-electron chi connectivity index (χ0n) is 16.1. The maximum Gasteiger partial charge on any atom is 0.124 e. The van der Waals surface area contributed by atoms with Gasteiger partial charge < -0.3 is 14.8 Å². The van der Waals surface area contributed by atoms with Crippen molar-refractivity contribution in [2.75, 3.05) is 13.7 Å². The molecule has 6 heteroatoms. The van der Waals surface area contributed by atoms with Crippen molar-refractivity contribution in [1.82, 2.24) is 5.32 Å². The number of rotatable bonds is 9. The van der Waals surface area contributed by atoms with Gasteiger partial charge in [-0.25, -0.2) is 0 Å². The van der Waals surface area contributed by atoms with Crippen LogP contribution < -0.4 is 14.8 Å². The van der Waals surface area contributed by atoms with E-state index in [0.29, 0.717) is 28.2 Å². The van der Waals surface area contributed by atoms with Crippen LogP contribution in [0.25, 0.3) is 0 Å². The lowest BCUT2D eigenvalue weighted by Crippen LogP contribution is -2.17. The summed E-state index contributed by atoms with van der Waals surface area (Å²) in [6, 6.07) is 19.1. The molecule has 29 heavy (non-hydrogen) atoms. The standard InChI is InChI=1S/C23H22Cl3NO2/c1-28-21-7-2-16(3-8-21)10-11-27-14-18-12-19(24)6-9-23(18)29-15-17-4-5-20(25)13-22(17)26/h2-9,12-13,27H,10-11,14-15H2,1H3. The van der Waals surface area contributed by atoms with Crippen molar-refractivity contribution in [1.29, 1.82) is 0 Å². The van der Waals surface area contributed by atoms with Gasteiger partial charge in [0.15, 0.2) is 0 Å². The van der Waals surface area contributed by atoms with Crippen LogP contribution in [0.3, 0.4) is 0 Å². The molecule has 3 nitrogen and oxygen atoms in total. The predicted molar refractivity (Wildman–Crippen MR) is 121 cm³/mol. The van der Waals surface area contributed by atoms with Crippen molar-refractivity contribution in [3.63, 3.8) is 0 Å². The van der Waals surface area contributed by atoms with Crippen LogP contribution >= 0.6 is 34.8 Å². The third-order valence-electron chi connectivity index (χ3n) is 4.49. The van der Waals surface area contributed by atoms with E-state index < -0.39 is 0 Å². The van der Waals surface area contributed by atoms with Crippen molar-refractivity contribution in [3.05, 3.63) is 92.4 Å². The predicted octanol–water partition coefficient (Wildman–Crippen LogP) is 6.57. The molecule has 152 valence electrons. The minimum absolute atomic E-state index is 0.358. The SMILES string of the molecule is COc1ccc(CCNCc2cc(Cl)ccc2OCc2ccc(Cl)cc2Cl)cc1. The minimum atomic E-state index is 0.358. The molecule has 0 amide bonds. The van der Waals surface area contributed by atoms with Gasteiger partial charge in [-0.2, -0.15) is 0 Å². The maximum absolute atomic E-state index is 6.23. The molecule has 0 heterocycles. The molecular weight excluding hydrogens is 429 g/mol. The topological polar surface area (TPSA) is 30.5 Å². The number of benzene rings is 3. The third-order valence-corrected chi connectivity index (χ3v) is 5.31. The van der Waals surface area contributed by atoms with Gasteiger partial charge in [-0.3, -0.25) is 0 Å². The van der Waals surface area contributed by atoms with Crippen LogP contribution in [-0.2, 0) is 19.6 Å². The normalized spacial score (nSPS) is 10.8. The number of methoxy groups -OCH3 is 1. The molecule has 0 unspecified atom stereocenters. The fraction of sp³-hybridized carbons (Fsp3) is 0.217. The van der Waals surface area contributed by atoms with Crippen molar-refractivity contribution in [3.8, 4) is 11.5 Å². The first-order valence-electron chi connectivity index (χ1n) is 9.24. The molecule has 0 aliphatic rings. The Labute approximate surface area is 186 Å². The number of halogens is 3. The Hall–Kier alpha value is -1.91. The molecular formula is C23H22Cl3NO2. The molecule has 0 saturated heterocycles. The lowest BCUT2D eigenvalue weighted by Gasteiger charge is -2.14. The van der Waals surface area contributed by atoms with Crippen molar-refractivity contribution < 1.29 is 9.47 Å². The molecule has 0 atom stereocenters. The van der Waals surface area contributed by atoms with E-state index in [0.717, 1.165) is 35.6 Å². The van der Waals surface area contributed by atoms with E-state index in [9.17, 15) is 0 Å². The second-order valence-electron chi connectivity index (χ2n) is 6.55. The molecule has 0 fully saturated rings. The zero-order valence-corrected chi connectivity index (χ0v) is 18.3. The number of nitrogens with one attached hydrogen (secondary N) is 1. The quantitative estimate of drug-likeness (QED) is 0.374. The highest BCUT2D eigenvalue weighted by molar-refractivity contribution is 6.35. The molecule has 3 aromatic carbocycles. The van der Waals surface area contributed by atoms with E-state index >= 15 is 0 Å². The van der Waals surface area contributed by atoms with E-state index in [2.05, 4.69) is 17.4 Å². The van der Waals surface area contributed by atoms with E-state index in [4.69, 9.17) is 44.3 Å². The summed E-state index contributed by atoms with van der Waals surface area (Å²) < 4.78 is 11.2. The lowest BCUT2D eigenvalue weighted by atomic mass is 10.1. The Bertz CT molecular complexity index is 945. The summed E-state index contributed by atoms with van der Waals surface area (Å²) in [6.45, 7) is 1.85. The Morgan fingerprint density at radius 2 is 1.55 bits per heavy atom. The number of ether oxygens (including phenoxy) is 2. The monoisotopic (exact) mass is 449 g/mol. The average molecular weight is 451 g/mol. The van der Waals surface area contributed by atoms with Gasteiger partial charge in [0.25, 0.3) is 0 Å². The van der Waals surface area contributed by atoms with Gasteiger partial charge in [0.05, 0.1) is 7.11 Å². The van der Waals surface area contributed by atoms with Crippen LogP contribution in [0.4, 0.5) is 0 Å². The summed E-state index contributed by atoms with van der Waals surface area (Å²) in [7, 11) is 1.67. The maximum atomic E-state index is 6.23. The Kier molecular flexibility index (Phi) is 8.08. The minimum Gasteiger partial charge on any atom is -0.497 e. The molecule has 0 radical (unpaired) electrons. The summed E-state index contributed by atoms with van der Waals surface area (Å²) in [6.07, 6.45) is 0.918. The van der Waals surface area contributed by atoms with Crippen molar-refractivity contribution in [2.45, 2.75) is 19.6 Å². The Balaban J connectivity index is 1.56. The summed E-state index contributed by atoms with van der Waals surface area (Å²) >= 11 is 18.4. The van der Waals surface area contributed by atoms with Gasteiger partial charge in [0.2, 0.25) is 0 Å². The Morgan fingerprint density at radius 1 is 0.828 bits per heavy atom. The van der Waals surface area contributed by atoms with E-state index in [1.54, 1.807) is 19.2 Å². The van der Waals surface area contributed by atoms with Crippen molar-refractivity contribution in [2.24, 2.45) is 0 Å². The zero-order chi connectivity index (χ0) is 20.6. The van der Waals surface area contributed by atoms with Gasteiger partial charge >= 0.3 is 0 Å². The fourth-order valence-electron chi connectivity index (χ4n) is 2.87. The Morgan fingerprint density at radius 3 is 2.28 bits per heavy atom. The van der Waals surface area contributed by atoms with Crippen LogP contribution in [0.5, 0.6) is 11.5 Å². The highest BCUT2D eigenvalue weighted by Crippen LogP contribution is 2.26. The van der Waals surface area contributed by atoms with Crippen molar-refractivity contribution >= 4 is 34.8 Å². The molecule has 3 rings (SSSR count). The highest BCUT2D eigenvalue weighted by atomic mass is 35.5. The summed E-state index contributed by atoms with van der Waals surface area (Å²) in [5.41, 5.74) is 3.12. The van der Waals surface area contributed by atoms with Crippen LogP contribution in [0, 0.1) is 0 Å². The molecule has 0 aromatic heterocycles. The van der Waals surface area contributed by atoms with Gasteiger partial charge in [-0.05, 0) is 61.0 Å². The van der Waals surface area contributed by atoms with Gasteiger partial charge in [0.1, 0.15) is 18.1 Å². The van der Waals surface area contributed by atoms with E-state index in [1.165, 1.54) is 5.56 Å². The van der Waals surface area contributed by atoms with Crippen LogP contribution in [-0.4, -0.2) is 13.7 Å².